The molecule has 1 fully saturated rings. The molecule has 0 amide bonds. The van der Waals surface area contributed by atoms with Crippen LogP contribution in [0, 0.1) is 13.8 Å². The number of nitrogens with one attached hydrogen (secondary N) is 1. The Labute approximate surface area is 156 Å². The second-order valence-corrected chi connectivity index (χ2v) is 7.36. The normalized spacial score (nSPS) is 17.4. The minimum atomic E-state index is 0.114. The second kappa shape index (κ2) is 8.31. The first-order chi connectivity index (χ1) is 12.6. The highest BCUT2D eigenvalue weighted by Crippen LogP contribution is 2.27. The maximum Gasteiger partial charge on any atom is 0.261 e. The van der Waals surface area contributed by atoms with Crippen LogP contribution in [0.5, 0.6) is 0 Å². The van der Waals surface area contributed by atoms with Gasteiger partial charge in [0.25, 0.3) is 5.56 Å². The molecule has 0 bridgehead atoms. The summed E-state index contributed by atoms with van der Waals surface area (Å²) in [7, 11) is 0. The van der Waals surface area contributed by atoms with E-state index in [0.29, 0.717) is 6.54 Å². The third-order valence-corrected chi connectivity index (χ3v) is 5.68. The van der Waals surface area contributed by atoms with E-state index in [-0.39, 0.29) is 11.6 Å². The highest BCUT2D eigenvalue weighted by atomic mass is 16.1. The molecule has 3 rings (SSSR count). The van der Waals surface area contributed by atoms with Gasteiger partial charge in [-0.2, -0.15) is 0 Å². The lowest BCUT2D eigenvalue weighted by molar-refractivity contribution is 0.185. The van der Waals surface area contributed by atoms with Gasteiger partial charge in [-0.3, -0.25) is 14.3 Å². The molecule has 1 aliphatic rings. The van der Waals surface area contributed by atoms with E-state index in [2.05, 4.69) is 37.1 Å². The van der Waals surface area contributed by atoms with Crippen molar-refractivity contribution in [2.45, 2.75) is 59.5 Å². The third-order valence-electron chi connectivity index (χ3n) is 5.68. The van der Waals surface area contributed by atoms with Gasteiger partial charge in [0.2, 0.25) is 0 Å². The predicted molar refractivity (Wildman–Crippen MR) is 108 cm³/mol. The Balaban J connectivity index is 2.17. The van der Waals surface area contributed by atoms with E-state index in [1.165, 1.54) is 0 Å². The molecule has 1 unspecified atom stereocenters. The van der Waals surface area contributed by atoms with Crippen LogP contribution in [0.15, 0.2) is 16.9 Å². The van der Waals surface area contributed by atoms with Crippen LogP contribution in [0.3, 0.4) is 0 Å². The number of fused-ring (bicyclic) bond motifs is 1. The second-order valence-electron chi connectivity index (χ2n) is 7.36. The minimum Gasteiger partial charge on any atom is -0.315 e. The van der Waals surface area contributed by atoms with Crippen LogP contribution in [-0.2, 0) is 6.54 Å². The highest BCUT2D eigenvalue weighted by molar-refractivity contribution is 5.82. The standard InChI is InChI=1S/C21H32N4O/c1-5-8-18(24-13-7-11-22-12-14-24)20-23-17-10-9-15(3)16(4)19(17)21(26)25(20)6-2/h9-10,18,22H,5-8,11-14H2,1-4H3. The van der Waals surface area contributed by atoms with Gasteiger partial charge in [0.15, 0.2) is 0 Å². The zero-order valence-corrected chi connectivity index (χ0v) is 16.6. The molecule has 26 heavy (non-hydrogen) atoms. The van der Waals surface area contributed by atoms with Gasteiger partial charge in [-0.25, -0.2) is 4.98 Å². The van der Waals surface area contributed by atoms with Gasteiger partial charge in [-0.05, 0) is 57.4 Å². The lowest BCUT2D eigenvalue weighted by atomic mass is 10.0. The van der Waals surface area contributed by atoms with Crippen molar-refractivity contribution < 1.29 is 0 Å². The molecule has 0 spiro atoms. The predicted octanol–water partition coefficient (Wildman–Crippen LogP) is 3.17. The maximum absolute atomic E-state index is 13.3. The van der Waals surface area contributed by atoms with E-state index in [1.807, 2.05) is 17.6 Å². The Morgan fingerprint density at radius 1 is 1.19 bits per heavy atom. The molecule has 5 heteroatoms. The zero-order chi connectivity index (χ0) is 18.7. The SMILES string of the molecule is CCCC(c1nc2ccc(C)c(C)c2c(=O)n1CC)N1CCCNCC1. The molecular weight excluding hydrogens is 324 g/mol. The summed E-state index contributed by atoms with van der Waals surface area (Å²) in [5.41, 5.74) is 3.16. The van der Waals surface area contributed by atoms with Crippen LogP contribution in [0.2, 0.25) is 0 Å². The number of aryl methyl sites for hydroxylation is 2. The molecule has 0 radical (unpaired) electrons. The topological polar surface area (TPSA) is 50.2 Å². The van der Waals surface area contributed by atoms with Crippen molar-refractivity contribution in [1.82, 2.24) is 19.8 Å². The number of hydrogen-bond acceptors (Lipinski definition) is 4. The monoisotopic (exact) mass is 356 g/mol. The summed E-state index contributed by atoms with van der Waals surface area (Å²) in [6, 6.07) is 4.29. The molecule has 5 nitrogen and oxygen atoms in total. The van der Waals surface area contributed by atoms with Crippen molar-refractivity contribution in [1.29, 1.82) is 0 Å². The third kappa shape index (κ3) is 3.55. The quantitative estimate of drug-likeness (QED) is 0.894. The van der Waals surface area contributed by atoms with Crippen LogP contribution in [0.4, 0.5) is 0 Å². The number of nitrogens with zero attached hydrogens (tertiary/aromatic N) is 3. The van der Waals surface area contributed by atoms with Crippen molar-refractivity contribution in [3.05, 3.63) is 39.4 Å². The van der Waals surface area contributed by atoms with Crippen LogP contribution in [-0.4, -0.2) is 40.6 Å². The van der Waals surface area contributed by atoms with Gasteiger partial charge >= 0.3 is 0 Å². The minimum absolute atomic E-state index is 0.114. The first kappa shape index (κ1) is 19.1. The van der Waals surface area contributed by atoms with Crippen molar-refractivity contribution in [3.8, 4) is 0 Å². The molecule has 1 saturated heterocycles. The lowest BCUT2D eigenvalue weighted by Gasteiger charge is -2.31. The Morgan fingerprint density at radius 2 is 2.00 bits per heavy atom. The fourth-order valence-electron chi connectivity index (χ4n) is 4.07. The molecular formula is C21H32N4O. The van der Waals surface area contributed by atoms with Crippen LogP contribution in [0.1, 0.15) is 56.1 Å². The molecule has 0 aliphatic carbocycles. The molecule has 1 atom stereocenters. The Bertz CT molecular complexity index is 819. The summed E-state index contributed by atoms with van der Waals surface area (Å²) >= 11 is 0. The molecule has 2 heterocycles. The molecule has 1 N–H and O–H groups in total. The van der Waals surface area contributed by atoms with Gasteiger partial charge in [-0.1, -0.05) is 19.4 Å². The fraction of sp³-hybridized carbons (Fsp3) is 0.619. The average molecular weight is 357 g/mol. The maximum atomic E-state index is 13.3. The molecule has 1 aliphatic heterocycles. The fourth-order valence-corrected chi connectivity index (χ4v) is 4.07. The molecule has 0 saturated carbocycles. The number of hydrogen-bond donors (Lipinski definition) is 1. The van der Waals surface area contributed by atoms with Crippen molar-refractivity contribution >= 4 is 10.9 Å². The van der Waals surface area contributed by atoms with Gasteiger partial charge < -0.3 is 5.32 Å². The highest BCUT2D eigenvalue weighted by Gasteiger charge is 2.26. The number of aromatic nitrogens is 2. The average Bonchev–Trinajstić information content (AvgIpc) is 2.91. The summed E-state index contributed by atoms with van der Waals surface area (Å²) in [4.78, 5) is 20.9. The van der Waals surface area contributed by atoms with Crippen molar-refractivity contribution in [2.24, 2.45) is 0 Å². The summed E-state index contributed by atoms with van der Waals surface area (Å²) in [6.07, 6.45) is 3.25. The van der Waals surface area contributed by atoms with Gasteiger partial charge in [0.05, 0.1) is 16.9 Å². The first-order valence-corrected chi connectivity index (χ1v) is 10.0. The van der Waals surface area contributed by atoms with Crippen molar-refractivity contribution in [3.63, 3.8) is 0 Å². The van der Waals surface area contributed by atoms with E-state index >= 15 is 0 Å². The Kier molecular flexibility index (Phi) is 6.09. The number of rotatable bonds is 5. The Morgan fingerprint density at radius 3 is 2.73 bits per heavy atom. The van der Waals surface area contributed by atoms with Crippen LogP contribution >= 0.6 is 0 Å². The van der Waals surface area contributed by atoms with Gasteiger partial charge in [-0.15, -0.1) is 0 Å². The molecule has 142 valence electrons. The molecule has 1 aromatic carbocycles. The van der Waals surface area contributed by atoms with E-state index < -0.39 is 0 Å². The van der Waals surface area contributed by atoms with Crippen LogP contribution < -0.4 is 10.9 Å². The molecule has 2 aromatic rings. The van der Waals surface area contributed by atoms with Gasteiger partial charge in [0, 0.05) is 26.2 Å². The van der Waals surface area contributed by atoms with E-state index in [4.69, 9.17) is 4.98 Å². The summed E-state index contributed by atoms with van der Waals surface area (Å²) in [5.74, 6) is 0.942. The van der Waals surface area contributed by atoms with E-state index in [1.54, 1.807) is 0 Å². The molecule has 1 aromatic heterocycles. The van der Waals surface area contributed by atoms with E-state index in [9.17, 15) is 4.79 Å². The smallest absolute Gasteiger partial charge is 0.261 e. The summed E-state index contributed by atoms with van der Waals surface area (Å²) < 4.78 is 1.91. The lowest BCUT2D eigenvalue weighted by Crippen LogP contribution is -2.37. The van der Waals surface area contributed by atoms with E-state index in [0.717, 1.165) is 73.3 Å². The summed E-state index contributed by atoms with van der Waals surface area (Å²) in [6.45, 7) is 13.2. The first-order valence-electron chi connectivity index (χ1n) is 10.0. The Hall–Kier alpha value is -1.72. The largest absolute Gasteiger partial charge is 0.315 e. The van der Waals surface area contributed by atoms with Crippen molar-refractivity contribution in [2.75, 3.05) is 26.2 Å². The zero-order valence-electron chi connectivity index (χ0n) is 16.6. The summed E-state index contributed by atoms with van der Waals surface area (Å²) in [5, 5.41) is 4.26. The van der Waals surface area contributed by atoms with Gasteiger partial charge in [0.1, 0.15) is 5.82 Å². The number of benzene rings is 1. The van der Waals surface area contributed by atoms with Crippen LogP contribution in [0.25, 0.3) is 10.9 Å².